The van der Waals surface area contributed by atoms with Crippen LogP contribution in [0.3, 0.4) is 0 Å². The summed E-state index contributed by atoms with van der Waals surface area (Å²) in [5.41, 5.74) is 4.37. The summed E-state index contributed by atoms with van der Waals surface area (Å²) in [5, 5.41) is 12.3. The van der Waals surface area contributed by atoms with Gasteiger partial charge >= 0.3 is 5.97 Å². The van der Waals surface area contributed by atoms with Crippen LogP contribution >= 0.6 is 15.9 Å². The molecule has 3 rings (SSSR count). The summed E-state index contributed by atoms with van der Waals surface area (Å²) in [4.78, 5) is 10.9. The third-order valence-corrected chi connectivity index (χ3v) is 5.16. The molecule has 0 aliphatic rings. The second-order valence-electron chi connectivity index (χ2n) is 6.61. The number of aryl methyl sites for hydroxylation is 1. The number of hydrogen-bond acceptors (Lipinski definition) is 4. The van der Waals surface area contributed by atoms with Crippen LogP contribution in [-0.2, 0) is 13.2 Å². The van der Waals surface area contributed by atoms with E-state index in [4.69, 9.17) is 14.6 Å². The first-order valence-electron chi connectivity index (χ1n) is 9.08. The van der Waals surface area contributed by atoms with Crippen molar-refractivity contribution in [2.45, 2.75) is 20.1 Å². The van der Waals surface area contributed by atoms with Crippen LogP contribution in [0.15, 0.2) is 65.1 Å². The number of carboxylic acids is 1. The molecule has 2 N–H and O–H groups in total. The maximum atomic E-state index is 10.9. The molecule has 6 heteroatoms. The summed E-state index contributed by atoms with van der Waals surface area (Å²) in [6.07, 6.45) is 0. The van der Waals surface area contributed by atoms with Crippen molar-refractivity contribution in [1.82, 2.24) is 0 Å². The number of hydrogen-bond donors (Lipinski definition) is 2. The Hall–Kier alpha value is -2.99. The molecule has 5 nitrogen and oxygen atoms in total. The van der Waals surface area contributed by atoms with Gasteiger partial charge in [0.05, 0.1) is 12.7 Å². The lowest BCUT2D eigenvalue weighted by atomic mass is 10.1. The summed E-state index contributed by atoms with van der Waals surface area (Å²) in [6.45, 7) is 3.05. The molecule has 0 spiro atoms. The van der Waals surface area contributed by atoms with E-state index in [1.807, 2.05) is 24.3 Å². The minimum Gasteiger partial charge on any atom is -0.493 e. The molecule has 3 aromatic carbocycles. The Bertz CT molecular complexity index is 1000. The zero-order chi connectivity index (χ0) is 20.8. The van der Waals surface area contributed by atoms with Gasteiger partial charge in [-0.15, -0.1) is 0 Å². The van der Waals surface area contributed by atoms with Crippen molar-refractivity contribution >= 4 is 27.6 Å². The second-order valence-corrected chi connectivity index (χ2v) is 7.46. The fourth-order valence-corrected chi connectivity index (χ4v) is 3.34. The summed E-state index contributed by atoms with van der Waals surface area (Å²) in [5.74, 6) is 0.375. The maximum Gasteiger partial charge on any atom is 0.335 e. The summed E-state index contributed by atoms with van der Waals surface area (Å²) in [7, 11) is 1.62. The van der Waals surface area contributed by atoms with E-state index in [9.17, 15) is 4.79 Å². The van der Waals surface area contributed by atoms with Crippen molar-refractivity contribution in [3.8, 4) is 11.5 Å². The van der Waals surface area contributed by atoms with Gasteiger partial charge < -0.3 is 19.9 Å². The van der Waals surface area contributed by atoms with Crippen LogP contribution < -0.4 is 14.8 Å². The Morgan fingerprint density at radius 3 is 2.48 bits per heavy atom. The van der Waals surface area contributed by atoms with Gasteiger partial charge in [0, 0.05) is 16.7 Å². The van der Waals surface area contributed by atoms with E-state index in [-0.39, 0.29) is 5.56 Å². The van der Waals surface area contributed by atoms with Gasteiger partial charge in [-0.05, 0) is 54.4 Å². The molecule has 0 amide bonds. The number of methoxy groups -OCH3 is 1. The molecule has 0 heterocycles. The van der Waals surface area contributed by atoms with Crippen molar-refractivity contribution in [2.75, 3.05) is 12.4 Å². The maximum absolute atomic E-state index is 10.9. The van der Waals surface area contributed by atoms with Gasteiger partial charge in [-0.25, -0.2) is 4.79 Å². The number of halogens is 1. The monoisotopic (exact) mass is 455 g/mol. The molecule has 0 aliphatic carbocycles. The van der Waals surface area contributed by atoms with Crippen LogP contribution in [-0.4, -0.2) is 18.2 Å². The number of rotatable bonds is 8. The average Bonchev–Trinajstić information content (AvgIpc) is 2.71. The Morgan fingerprint density at radius 2 is 1.83 bits per heavy atom. The SMILES string of the molecule is COc1cc(CNc2ccc(C(=O)O)cc2)c(Br)cc1OCc1cccc(C)c1. The Morgan fingerprint density at radius 1 is 1.07 bits per heavy atom. The van der Waals surface area contributed by atoms with Gasteiger partial charge in [-0.1, -0.05) is 45.8 Å². The number of anilines is 1. The number of nitrogens with one attached hydrogen (secondary N) is 1. The summed E-state index contributed by atoms with van der Waals surface area (Å²) in [6, 6.07) is 18.6. The van der Waals surface area contributed by atoms with Crippen LogP contribution in [0.1, 0.15) is 27.0 Å². The molecule has 0 aromatic heterocycles. The van der Waals surface area contributed by atoms with Crippen molar-refractivity contribution in [3.05, 3.63) is 87.4 Å². The summed E-state index contributed by atoms with van der Waals surface area (Å²) >= 11 is 3.60. The van der Waals surface area contributed by atoms with Crippen molar-refractivity contribution < 1.29 is 19.4 Å². The Balaban J connectivity index is 1.69. The van der Waals surface area contributed by atoms with Crippen LogP contribution in [0.4, 0.5) is 5.69 Å². The highest BCUT2D eigenvalue weighted by molar-refractivity contribution is 9.10. The molecule has 0 fully saturated rings. The zero-order valence-electron chi connectivity index (χ0n) is 16.2. The molecule has 29 heavy (non-hydrogen) atoms. The van der Waals surface area contributed by atoms with Crippen molar-refractivity contribution in [1.29, 1.82) is 0 Å². The predicted octanol–water partition coefficient (Wildman–Crippen LogP) is 5.66. The third kappa shape index (κ3) is 5.51. The van der Waals surface area contributed by atoms with Crippen LogP contribution in [0.25, 0.3) is 0 Å². The lowest BCUT2D eigenvalue weighted by molar-refractivity contribution is 0.0697. The smallest absolute Gasteiger partial charge is 0.335 e. The fourth-order valence-electron chi connectivity index (χ4n) is 2.88. The average molecular weight is 456 g/mol. The predicted molar refractivity (Wildman–Crippen MR) is 117 cm³/mol. The first kappa shape index (κ1) is 20.7. The zero-order valence-corrected chi connectivity index (χ0v) is 17.8. The molecule has 0 radical (unpaired) electrons. The molecule has 0 unspecified atom stereocenters. The topological polar surface area (TPSA) is 67.8 Å². The molecule has 3 aromatic rings. The van der Waals surface area contributed by atoms with Crippen molar-refractivity contribution in [2.24, 2.45) is 0 Å². The van der Waals surface area contributed by atoms with Gasteiger partial charge in [0.1, 0.15) is 6.61 Å². The molecular weight excluding hydrogens is 434 g/mol. The molecule has 0 bridgehead atoms. The molecule has 0 aliphatic heterocycles. The van der Waals surface area contributed by atoms with E-state index in [1.54, 1.807) is 31.4 Å². The standard InChI is InChI=1S/C23H22BrNO4/c1-15-4-3-5-16(10-15)14-29-22-12-20(24)18(11-21(22)28-2)13-25-19-8-6-17(7-9-19)23(26)27/h3-12,25H,13-14H2,1-2H3,(H,26,27). The number of ether oxygens (including phenoxy) is 2. The van der Waals surface area contributed by atoms with Crippen LogP contribution in [0, 0.1) is 6.92 Å². The second kappa shape index (κ2) is 9.47. The normalized spacial score (nSPS) is 10.4. The van der Waals surface area contributed by atoms with E-state index >= 15 is 0 Å². The fraction of sp³-hybridized carbons (Fsp3) is 0.174. The lowest BCUT2D eigenvalue weighted by Gasteiger charge is -2.15. The van der Waals surface area contributed by atoms with Gasteiger partial charge in [0.2, 0.25) is 0 Å². The number of carbonyl (C=O) groups is 1. The van der Waals surface area contributed by atoms with Gasteiger partial charge in [0.25, 0.3) is 0 Å². The highest BCUT2D eigenvalue weighted by Crippen LogP contribution is 2.34. The molecule has 0 atom stereocenters. The van der Waals surface area contributed by atoms with Gasteiger partial charge in [-0.3, -0.25) is 0 Å². The van der Waals surface area contributed by atoms with E-state index in [0.717, 1.165) is 21.3 Å². The van der Waals surface area contributed by atoms with E-state index in [1.165, 1.54) is 5.56 Å². The highest BCUT2D eigenvalue weighted by atomic mass is 79.9. The quantitative estimate of drug-likeness (QED) is 0.458. The number of benzene rings is 3. The molecule has 0 saturated heterocycles. The summed E-state index contributed by atoms with van der Waals surface area (Å²) < 4.78 is 12.4. The Labute approximate surface area is 178 Å². The van der Waals surface area contributed by atoms with E-state index < -0.39 is 5.97 Å². The minimum absolute atomic E-state index is 0.258. The van der Waals surface area contributed by atoms with Gasteiger partial charge in [-0.2, -0.15) is 0 Å². The largest absolute Gasteiger partial charge is 0.493 e. The minimum atomic E-state index is -0.940. The van der Waals surface area contributed by atoms with Crippen LogP contribution in [0.2, 0.25) is 0 Å². The Kier molecular flexibility index (Phi) is 6.77. The molecule has 150 valence electrons. The van der Waals surface area contributed by atoms with E-state index in [0.29, 0.717) is 24.7 Å². The highest BCUT2D eigenvalue weighted by Gasteiger charge is 2.11. The number of aromatic carboxylic acids is 1. The first-order chi connectivity index (χ1) is 14.0. The van der Waals surface area contributed by atoms with Gasteiger partial charge in [0.15, 0.2) is 11.5 Å². The molecular formula is C23H22BrNO4. The van der Waals surface area contributed by atoms with Crippen molar-refractivity contribution in [3.63, 3.8) is 0 Å². The van der Waals surface area contributed by atoms with Crippen LogP contribution in [0.5, 0.6) is 11.5 Å². The number of carboxylic acid groups (broad SMARTS) is 1. The lowest BCUT2D eigenvalue weighted by Crippen LogP contribution is -2.03. The third-order valence-electron chi connectivity index (χ3n) is 4.42. The first-order valence-corrected chi connectivity index (χ1v) is 9.87. The molecule has 0 saturated carbocycles. The van der Waals surface area contributed by atoms with E-state index in [2.05, 4.69) is 40.3 Å².